The highest BCUT2D eigenvalue weighted by Gasteiger charge is 2.43. The van der Waals surface area contributed by atoms with Crippen LogP contribution in [0.25, 0.3) is 0 Å². The van der Waals surface area contributed by atoms with E-state index in [4.69, 9.17) is 4.74 Å². The number of fused-ring (bicyclic) bond motifs is 1. The lowest BCUT2D eigenvalue weighted by molar-refractivity contribution is 0.0177. The van der Waals surface area contributed by atoms with Gasteiger partial charge in [-0.3, -0.25) is 4.90 Å². The SMILES string of the molecule is O=C(O)c1cccc(CN2CC(c3ccccc3)C3COCCC32)c1. The highest BCUT2D eigenvalue weighted by Crippen LogP contribution is 2.41. The topological polar surface area (TPSA) is 49.8 Å². The van der Waals surface area contributed by atoms with Crippen LogP contribution in [0.3, 0.4) is 0 Å². The van der Waals surface area contributed by atoms with Crippen molar-refractivity contribution in [2.24, 2.45) is 5.92 Å². The van der Waals surface area contributed by atoms with Gasteiger partial charge in [-0.15, -0.1) is 0 Å². The number of rotatable bonds is 4. The van der Waals surface area contributed by atoms with Crippen LogP contribution in [0.1, 0.15) is 33.8 Å². The van der Waals surface area contributed by atoms with Crippen LogP contribution < -0.4 is 0 Å². The average Bonchev–Trinajstić information content (AvgIpc) is 3.01. The van der Waals surface area contributed by atoms with Crippen molar-refractivity contribution in [3.8, 4) is 0 Å². The van der Waals surface area contributed by atoms with Crippen LogP contribution in [0.5, 0.6) is 0 Å². The molecule has 4 rings (SSSR count). The Balaban J connectivity index is 1.57. The first-order chi connectivity index (χ1) is 12.2. The van der Waals surface area contributed by atoms with E-state index in [2.05, 4.69) is 35.2 Å². The summed E-state index contributed by atoms with van der Waals surface area (Å²) in [5, 5.41) is 9.22. The number of nitrogens with zero attached hydrogens (tertiary/aromatic N) is 1. The van der Waals surface area contributed by atoms with E-state index in [0.29, 0.717) is 23.4 Å². The lowest BCUT2D eigenvalue weighted by Gasteiger charge is -2.32. The lowest BCUT2D eigenvalue weighted by atomic mass is 9.84. The van der Waals surface area contributed by atoms with Gasteiger partial charge >= 0.3 is 5.97 Å². The molecular weight excluding hydrogens is 314 g/mol. The average molecular weight is 337 g/mol. The summed E-state index contributed by atoms with van der Waals surface area (Å²) >= 11 is 0. The van der Waals surface area contributed by atoms with E-state index in [1.165, 1.54) is 5.56 Å². The second-order valence-corrected chi connectivity index (χ2v) is 7.05. The maximum absolute atomic E-state index is 11.2. The Hall–Kier alpha value is -2.17. The summed E-state index contributed by atoms with van der Waals surface area (Å²) in [6, 6.07) is 18.5. The molecule has 4 nitrogen and oxygen atoms in total. The molecule has 2 fully saturated rings. The molecule has 2 saturated heterocycles. The maximum atomic E-state index is 11.2. The molecule has 2 aromatic carbocycles. The number of likely N-dealkylation sites (tertiary alicyclic amines) is 1. The largest absolute Gasteiger partial charge is 0.478 e. The van der Waals surface area contributed by atoms with Crippen molar-refractivity contribution in [1.82, 2.24) is 4.90 Å². The van der Waals surface area contributed by atoms with Gasteiger partial charge in [0, 0.05) is 37.6 Å². The highest BCUT2D eigenvalue weighted by atomic mass is 16.5. The molecule has 3 unspecified atom stereocenters. The summed E-state index contributed by atoms with van der Waals surface area (Å²) in [6.45, 7) is 3.43. The Bertz CT molecular complexity index is 746. The molecule has 2 aliphatic heterocycles. The minimum Gasteiger partial charge on any atom is -0.478 e. The summed E-state index contributed by atoms with van der Waals surface area (Å²) in [4.78, 5) is 13.7. The van der Waals surface area contributed by atoms with Gasteiger partial charge in [0.05, 0.1) is 12.2 Å². The van der Waals surface area contributed by atoms with Gasteiger partial charge in [-0.1, -0.05) is 42.5 Å². The number of carboxylic acid groups (broad SMARTS) is 1. The molecule has 0 spiro atoms. The van der Waals surface area contributed by atoms with Crippen molar-refractivity contribution in [3.05, 3.63) is 71.3 Å². The molecule has 130 valence electrons. The smallest absolute Gasteiger partial charge is 0.335 e. The predicted octanol–water partition coefficient (Wildman–Crippen LogP) is 3.39. The van der Waals surface area contributed by atoms with Gasteiger partial charge in [0.15, 0.2) is 0 Å². The Kier molecular flexibility index (Phi) is 4.55. The number of carbonyl (C=O) groups is 1. The second kappa shape index (κ2) is 6.98. The van der Waals surface area contributed by atoms with Crippen molar-refractivity contribution >= 4 is 5.97 Å². The fourth-order valence-corrected chi connectivity index (χ4v) is 4.38. The van der Waals surface area contributed by atoms with Gasteiger partial charge in [-0.2, -0.15) is 0 Å². The minimum absolute atomic E-state index is 0.361. The van der Waals surface area contributed by atoms with Crippen LogP contribution >= 0.6 is 0 Å². The Morgan fingerprint density at radius 1 is 1.16 bits per heavy atom. The van der Waals surface area contributed by atoms with Crippen LogP contribution in [-0.4, -0.2) is 41.8 Å². The van der Waals surface area contributed by atoms with E-state index >= 15 is 0 Å². The molecule has 25 heavy (non-hydrogen) atoms. The van der Waals surface area contributed by atoms with E-state index in [1.54, 1.807) is 12.1 Å². The second-order valence-electron chi connectivity index (χ2n) is 7.05. The first-order valence-electron chi connectivity index (χ1n) is 8.91. The lowest BCUT2D eigenvalue weighted by Crippen LogP contribution is -2.38. The molecule has 3 atom stereocenters. The molecule has 0 radical (unpaired) electrons. The first kappa shape index (κ1) is 16.3. The number of aromatic carboxylic acids is 1. The fourth-order valence-electron chi connectivity index (χ4n) is 4.38. The summed E-state index contributed by atoms with van der Waals surface area (Å²) in [5.41, 5.74) is 2.81. The molecule has 1 N–H and O–H groups in total. The van der Waals surface area contributed by atoms with Crippen LogP contribution in [0, 0.1) is 5.92 Å². The predicted molar refractivity (Wildman–Crippen MR) is 95.7 cm³/mol. The monoisotopic (exact) mass is 337 g/mol. The van der Waals surface area contributed by atoms with Gasteiger partial charge in [-0.05, 0) is 29.7 Å². The first-order valence-corrected chi connectivity index (χ1v) is 8.91. The molecule has 0 bridgehead atoms. The summed E-state index contributed by atoms with van der Waals surface area (Å²) in [5.74, 6) is 0.127. The third kappa shape index (κ3) is 3.32. The van der Waals surface area contributed by atoms with E-state index < -0.39 is 5.97 Å². The summed E-state index contributed by atoms with van der Waals surface area (Å²) < 4.78 is 5.78. The molecule has 2 aromatic rings. The van der Waals surface area contributed by atoms with Crippen molar-refractivity contribution in [2.75, 3.05) is 19.8 Å². The van der Waals surface area contributed by atoms with E-state index in [0.717, 1.165) is 38.3 Å². The van der Waals surface area contributed by atoms with Crippen LogP contribution in [-0.2, 0) is 11.3 Å². The Morgan fingerprint density at radius 3 is 2.80 bits per heavy atom. The van der Waals surface area contributed by atoms with Crippen LogP contribution in [0.15, 0.2) is 54.6 Å². The molecular formula is C21H23NO3. The summed E-state index contributed by atoms with van der Waals surface area (Å²) in [7, 11) is 0. The standard InChI is InChI=1S/C21H23NO3/c23-21(24)17-8-4-5-15(11-17)12-22-13-18(16-6-2-1-3-7-16)19-14-25-10-9-20(19)22/h1-8,11,18-20H,9-10,12-14H2,(H,23,24). The Labute approximate surface area is 148 Å². The fraction of sp³-hybridized carbons (Fsp3) is 0.381. The zero-order chi connectivity index (χ0) is 17.2. The third-order valence-corrected chi connectivity index (χ3v) is 5.57. The van der Waals surface area contributed by atoms with Gasteiger partial charge in [-0.25, -0.2) is 4.79 Å². The molecule has 0 aliphatic carbocycles. The number of hydrogen-bond acceptors (Lipinski definition) is 3. The third-order valence-electron chi connectivity index (χ3n) is 5.57. The zero-order valence-electron chi connectivity index (χ0n) is 14.2. The molecule has 0 saturated carbocycles. The van der Waals surface area contributed by atoms with Crippen molar-refractivity contribution in [2.45, 2.75) is 24.9 Å². The van der Waals surface area contributed by atoms with Crippen molar-refractivity contribution < 1.29 is 14.6 Å². The summed E-state index contributed by atoms with van der Waals surface area (Å²) in [6.07, 6.45) is 1.05. The highest BCUT2D eigenvalue weighted by molar-refractivity contribution is 5.87. The molecule has 2 heterocycles. The van der Waals surface area contributed by atoms with Gasteiger partial charge in [0.25, 0.3) is 0 Å². The van der Waals surface area contributed by atoms with Gasteiger partial charge in [0.1, 0.15) is 0 Å². The number of hydrogen-bond donors (Lipinski definition) is 1. The van der Waals surface area contributed by atoms with Crippen molar-refractivity contribution in [3.63, 3.8) is 0 Å². The van der Waals surface area contributed by atoms with Crippen LogP contribution in [0.2, 0.25) is 0 Å². The molecule has 0 aromatic heterocycles. The molecule has 0 amide bonds. The molecule has 4 heteroatoms. The zero-order valence-corrected chi connectivity index (χ0v) is 14.2. The van der Waals surface area contributed by atoms with E-state index in [-0.39, 0.29) is 0 Å². The maximum Gasteiger partial charge on any atom is 0.335 e. The van der Waals surface area contributed by atoms with Crippen molar-refractivity contribution in [1.29, 1.82) is 0 Å². The number of benzene rings is 2. The molecule has 2 aliphatic rings. The number of carboxylic acids is 1. The quantitative estimate of drug-likeness (QED) is 0.929. The van der Waals surface area contributed by atoms with E-state index in [9.17, 15) is 9.90 Å². The normalized spacial score (nSPS) is 26.3. The van der Waals surface area contributed by atoms with Crippen LogP contribution in [0.4, 0.5) is 0 Å². The van der Waals surface area contributed by atoms with Gasteiger partial charge < -0.3 is 9.84 Å². The van der Waals surface area contributed by atoms with Gasteiger partial charge in [0.2, 0.25) is 0 Å². The Morgan fingerprint density at radius 2 is 2.00 bits per heavy atom. The number of ether oxygens (including phenoxy) is 1. The van der Waals surface area contributed by atoms with E-state index in [1.807, 2.05) is 12.1 Å². The minimum atomic E-state index is -0.866.